The molecular weight excluding hydrogens is 214 g/mol. The molecule has 17 heavy (non-hydrogen) atoms. The van der Waals surface area contributed by atoms with Crippen molar-refractivity contribution in [2.24, 2.45) is 0 Å². The molecule has 1 atom stereocenters. The Hall–Kier alpha value is -1.58. The summed E-state index contributed by atoms with van der Waals surface area (Å²) in [5, 5.41) is 0. The van der Waals surface area contributed by atoms with E-state index in [0.717, 1.165) is 31.6 Å². The van der Waals surface area contributed by atoms with Crippen molar-refractivity contribution >= 4 is 5.91 Å². The summed E-state index contributed by atoms with van der Waals surface area (Å²) in [6, 6.07) is 0.164. The fourth-order valence-corrected chi connectivity index (χ4v) is 2.49. The molecule has 1 unspecified atom stereocenters. The summed E-state index contributed by atoms with van der Waals surface area (Å²) >= 11 is 0. The molecule has 1 saturated heterocycles. The highest BCUT2D eigenvalue weighted by molar-refractivity contribution is 5.87. The summed E-state index contributed by atoms with van der Waals surface area (Å²) in [4.78, 5) is 18.0. The molecule has 1 aromatic rings. The van der Waals surface area contributed by atoms with Gasteiger partial charge in [0.25, 0.3) is 0 Å². The summed E-state index contributed by atoms with van der Waals surface area (Å²) < 4.78 is 2.11. The van der Waals surface area contributed by atoms with Crippen LogP contribution in [0.15, 0.2) is 25.2 Å². The lowest BCUT2D eigenvalue weighted by Crippen LogP contribution is -2.38. The van der Waals surface area contributed by atoms with E-state index < -0.39 is 0 Å². The van der Waals surface area contributed by atoms with Crippen molar-refractivity contribution in [3.8, 4) is 0 Å². The fourth-order valence-electron chi connectivity index (χ4n) is 2.49. The Kier molecular flexibility index (Phi) is 3.61. The van der Waals surface area contributed by atoms with E-state index in [0.29, 0.717) is 0 Å². The normalized spacial score (nSPS) is 20.3. The second-order valence-corrected chi connectivity index (χ2v) is 4.35. The van der Waals surface area contributed by atoms with E-state index in [-0.39, 0.29) is 11.9 Å². The molecule has 2 rings (SSSR count). The van der Waals surface area contributed by atoms with Crippen LogP contribution in [-0.4, -0.2) is 26.9 Å². The van der Waals surface area contributed by atoms with Gasteiger partial charge in [-0.25, -0.2) is 4.98 Å². The molecule has 0 saturated carbocycles. The Morgan fingerprint density at radius 3 is 3.18 bits per heavy atom. The molecule has 1 aliphatic heterocycles. The predicted molar refractivity (Wildman–Crippen MR) is 66.4 cm³/mol. The lowest BCUT2D eigenvalue weighted by Gasteiger charge is -2.35. The number of carbonyl (C=O) groups excluding carboxylic acids is 1. The lowest BCUT2D eigenvalue weighted by atomic mass is 9.99. The molecule has 92 valence electrons. The quantitative estimate of drug-likeness (QED) is 0.750. The van der Waals surface area contributed by atoms with Crippen LogP contribution in [-0.2, 0) is 11.3 Å². The van der Waals surface area contributed by atoms with Crippen molar-refractivity contribution in [2.45, 2.75) is 38.8 Å². The smallest absolute Gasteiger partial charge is 0.246 e. The molecule has 4 nitrogen and oxygen atoms in total. The van der Waals surface area contributed by atoms with E-state index in [1.165, 1.54) is 12.5 Å². The number of carbonyl (C=O) groups is 1. The van der Waals surface area contributed by atoms with Crippen molar-refractivity contribution in [1.29, 1.82) is 0 Å². The van der Waals surface area contributed by atoms with Crippen LogP contribution >= 0.6 is 0 Å². The van der Waals surface area contributed by atoms with Gasteiger partial charge in [0.05, 0.1) is 24.3 Å². The van der Waals surface area contributed by atoms with E-state index in [1.54, 1.807) is 0 Å². The molecule has 1 aliphatic rings. The van der Waals surface area contributed by atoms with E-state index in [1.807, 2.05) is 17.4 Å². The first-order valence-electron chi connectivity index (χ1n) is 6.21. The van der Waals surface area contributed by atoms with Crippen LogP contribution in [0.4, 0.5) is 0 Å². The molecular formula is C13H19N3O. The van der Waals surface area contributed by atoms with Gasteiger partial charge in [-0.05, 0) is 32.3 Å². The third-order valence-electron chi connectivity index (χ3n) is 3.39. The Morgan fingerprint density at radius 1 is 1.65 bits per heavy atom. The molecule has 1 aromatic heterocycles. The first-order valence-corrected chi connectivity index (χ1v) is 6.21. The Morgan fingerprint density at radius 2 is 2.47 bits per heavy atom. The second-order valence-electron chi connectivity index (χ2n) is 4.35. The van der Waals surface area contributed by atoms with Gasteiger partial charge in [-0.2, -0.15) is 0 Å². The predicted octanol–water partition coefficient (Wildman–Crippen LogP) is 2.14. The SMILES string of the molecule is C=CC(=O)N1CCCCC1c1cncn1CC. The number of imidazole rings is 1. The van der Waals surface area contributed by atoms with Crippen molar-refractivity contribution in [3.05, 3.63) is 30.9 Å². The summed E-state index contributed by atoms with van der Waals surface area (Å²) in [6.07, 6.45) is 8.39. The highest BCUT2D eigenvalue weighted by atomic mass is 16.2. The number of piperidine rings is 1. The average Bonchev–Trinajstić information content (AvgIpc) is 2.86. The van der Waals surface area contributed by atoms with E-state index >= 15 is 0 Å². The molecule has 2 heterocycles. The van der Waals surface area contributed by atoms with Gasteiger partial charge in [0, 0.05) is 13.1 Å². The maximum absolute atomic E-state index is 11.9. The zero-order chi connectivity index (χ0) is 12.3. The largest absolute Gasteiger partial charge is 0.333 e. The molecule has 0 aromatic carbocycles. The van der Waals surface area contributed by atoms with Crippen LogP contribution in [0.5, 0.6) is 0 Å². The molecule has 0 N–H and O–H groups in total. The fraction of sp³-hybridized carbons (Fsp3) is 0.538. The zero-order valence-corrected chi connectivity index (χ0v) is 10.3. The number of aryl methyl sites for hydroxylation is 1. The van der Waals surface area contributed by atoms with Crippen LogP contribution < -0.4 is 0 Å². The zero-order valence-electron chi connectivity index (χ0n) is 10.3. The van der Waals surface area contributed by atoms with Gasteiger partial charge in [0.15, 0.2) is 0 Å². The highest BCUT2D eigenvalue weighted by Crippen LogP contribution is 2.30. The van der Waals surface area contributed by atoms with Gasteiger partial charge in [-0.3, -0.25) is 4.79 Å². The minimum Gasteiger partial charge on any atom is -0.333 e. The van der Waals surface area contributed by atoms with Crippen LogP contribution in [0.1, 0.15) is 37.9 Å². The van der Waals surface area contributed by atoms with Gasteiger partial charge in [0.2, 0.25) is 5.91 Å². The molecule has 1 amide bonds. The summed E-state index contributed by atoms with van der Waals surface area (Å²) in [5.41, 5.74) is 1.14. The summed E-state index contributed by atoms with van der Waals surface area (Å²) in [7, 11) is 0. The number of likely N-dealkylation sites (tertiary alicyclic amines) is 1. The maximum atomic E-state index is 11.9. The Labute approximate surface area is 102 Å². The van der Waals surface area contributed by atoms with Gasteiger partial charge >= 0.3 is 0 Å². The van der Waals surface area contributed by atoms with Crippen molar-refractivity contribution in [2.75, 3.05) is 6.54 Å². The monoisotopic (exact) mass is 233 g/mol. The minimum atomic E-state index is 0.0264. The Balaban J connectivity index is 2.27. The van der Waals surface area contributed by atoms with Crippen molar-refractivity contribution in [1.82, 2.24) is 14.5 Å². The third kappa shape index (κ3) is 2.25. The van der Waals surface area contributed by atoms with E-state index in [9.17, 15) is 4.79 Å². The number of amides is 1. The standard InChI is InChI=1S/C13H19N3O/c1-3-13(17)16-8-6-5-7-11(16)12-9-14-10-15(12)4-2/h3,9-11H,1,4-8H2,2H3. The van der Waals surface area contributed by atoms with Gasteiger partial charge in [-0.15, -0.1) is 0 Å². The van der Waals surface area contributed by atoms with Gasteiger partial charge < -0.3 is 9.47 Å². The first-order chi connectivity index (χ1) is 8.27. The van der Waals surface area contributed by atoms with Crippen LogP contribution in [0, 0.1) is 0 Å². The van der Waals surface area contributed by atoms with E-state index in [2.05, 4.69) is 23.1 Å². The van der Waals surface area contributed by atoms with E-state index in [4.69, 9.17) is 0 Å². The molecule has 0 spiro atoms. The number of rotatable bonds is 3. The number of nitrogens with zero attached hydrogens (tertiary/aromatic N) is 3. The second kappa shape index (κ2) is 5.17. The number of hydrogen-bond donors (Lipinski definition) is 0. The average molecular weight is 233 g/mol. The molecule has 0 aliphatic carbocycles. The minimum absolute atomic E-state index is 0.0264. The summed E-state index contributed by atoms with van der Waals surface area (Å²) in [5.74, 6) is 0.0264. The topological polar surface area (TPSA) is 38.1 Å². The van der Waals surface area contributed by atoms with Crippen molar-refractivity contribution in [3.63, 3.8) is 0 Å². The number of aromatic nitrogens is 2. The Bertz CT molecular complexity index is 411. The van der Waals surface area contributed by atoms with Gasteiger partial charge in [0.1, 0.15) is 0 Å². The van der Waals surface area contributed by atoms with Crippen LogP contribution in [0.2, 0.25) is 0 Å². The highest BCUT2D eigenvalue weighted by Gasteiger charge is 2.28. The maximum Gasteiger partial charge on any atom is 0.246 e. The van der Waals surface area contributed by atoms with Crippen LogP contribution in [0.25, 0.3) is 0 Å². The molecule has 0 radical (unpaired) electrons. The lowest BCUT2D eigenvalue weighted by molar-refractivity contribution is -0.129. The third-order valence-corrected chi connectivity index (χ3v) is 3.39. The number of hydrogen-bond acceptors (Lipinski definition) is 2. The molecule has 0 bridgehead atoms. The molecule has 4 heteroatoms. The van der Waals surface area contributed by atoms with Crippen LogP contribution in [0.3, 0.4) is 0 Å². The van der Waals surface area contributed by atoms with Crippen molar-refractivity contribution < 1.29 is 4.79 Å². The van der Waals surface area contributed by atoms with Gasteiger partial charge in [-0.1, -0.05) is 6.58 Å². The first kappa shape index (κ1) is 11.9. The summed E-state index contributed by atoms with van der Waals surface area (Å²) in [6.45, 7) is 7.39. The molecule has 1 fully saturated rings.